The van der Waals surface area contributed by atoms with E-state index in [9.17, 15) is 5.11 Å². The van der Waals surface area contributed by atoms with Gasteiger partial charge >= 0.3 is 0 Å². The zero-order valence-electron chi connectivity index (χ0n) is 6.91. The Balaban J connectivity index is 2.82. The average Bonchev–Trinajstić information content (AvgIpc) is 1.94. The van der Waals surface area contributed by atoms with Crippen LogP contribution in [0.3, 0.4) is 0 Å². The summed E-state index contributed by atoms with van der Waals surface area (Å²) in [6, 6.07) is 0.342. The van der Waals surface area contributed by atoms with Gasteiger partial charge in [-0.25, -0.2) is 0 Å². The molecule has 0 spiro atoms. The van der Waals surface area contributed by atoms with Gasteiger partial charge in [0, 0.05) is 12.2 Å². The molecular weight excluding hydrogens is 138 g/mol. The van der Waals surface area contributed by atoms with E-state index in [0.29, 0.717) is 11.7 Å². The molecule has 0 atom stereocenters. The van der Waals surface area contributed by atoms with Crippen LogP contribution in [0.4, 0.5) is 0 Å². The van der Waals surface area contributed by atoms with Gasteiger partial charge in [0.05, 0.1) is 5.70 Å². The van der Waals surface area contributed by atoms with E-state index >= 15 is 0 Å². The smallest absolute Gasteiger partial charge is 0.138 e. The van der Waals surface area contributed by atoms with Crippen molar-refractivity contribution < 1.29 is 5.11 Å². The molecule has 0 aromatic carbocycles. The maximum Gasteiger partial charge on any atom is 0.138 e. The van der Waals surface area contributed by atoms with Crippen molar-refractivity contribution >= 4 is 0 Å². The SMILES string of the molecule is C=C1C(O)=CC=CN1C(C)C. The zero-order valence-corrected chi connectivity index (χ0v) is 6.91. The molecule has 0 fully saturated rings. The molecule has 0 amide bonds. The van der Waals surface area contributed by atoms with Crippen molar-refractivity contribution in [2.24, 2.45) is 0 Å². The van der Waals surface area contributed by atoms with Gasteiger partial charge in [-0.3, -0.25) is 0 Å². The van der Waals surface area contributed by atoms with Crippen LogP contribution in [-0.2, 0) is 0 Å². The van der Waals surface area contributed by atoms with Crippen molar-refractivity contribution in [1.29, 1.82) is 0 Å². The van der Waals surface area contributed by atoms with Crippen LogP contribution >= 0.6 is 0 Å². The number of allylic oxidation sites excluding steroid dienone is 2. The molecule has 0 unspecified atom stereocenters. The summed E-state index contributed by atoms with van der Waals surface area (Å²) >= 11 is 0. The lowest BCUT2D eigenvalue weighted by Gasteiger charge is -2.28. The topological polar surface area (TPSA) is 23.5 Å². The van der Waals surface area contributed by atoms with Gasteiger partial charge in [-0.2, -0.15) is 0 Å². The molecule has 60 valence electrons. The lowest BCUT2D eigenvalue weighted by molar-refractivity contribution is 0.326. The average molecular weight is 151 g/mol. The summed E-state index contributed by atoms with van der Waals surface area (Å²) in [6.45, 7) is 7.85. The largest absolute Gasteiger partial charge is 0.506 e. The zero-order chi connectivity index (χ0) is 8.43. The standard InChI is InChI=1S/C9H13NO/c1-7(2)10-6-4-5-9(11)8(10)3/h4-7,11H,3H2,1-2H3. The second-order valence-corrected chi connectivity index (χ2v) is 2.84. The monoisotopic (exact) mass is 151 g/mol. The first-order valence-corrected chi connectivity index (χ1v) is 3.68. The Hall–Kier alpha value is -1.18. The van der Waals surface area contributed by atoms with Gasteiger partial charge in [0.15, 0.2) is 0 Å². The van der Waals surface area contributed by atoms with E-state index in [1.165, 1.54) is 0 Å². The third-order valence-corrected chi connectivity index (χ3v) is 1.66. The molecule has 2 heteroatoms. The first-order chi connectivity index (χ1) is 5.13. The van der Waals surface area contributed by atoms with E-state index in [4.69, 9.17) is 0 Å². The Kier molecular flexibility index (Phi) is 2.03. The van der Waals surface area contributed by atoms with Crippen LogP contribution in [0.15, 0.2) is 36.4 Å². The number of hydrogen-bond donors (Lipinski definition) is 1. The number of aliphatic hydroxyl groups excluding tert-OH is 1. The maximum atomic E-state index is 9.27. The fraction of sp³-hybridized carbons (Fsp3) is 0.333. The molecule has 2 nitrogen and oxygen atoms in total. The van der Waals surface area contributed by atoms with E-state index in [1.807, 2.05) is 31.0 Å². The van der Waals surface area contributed by atoms with Crippen LogP contribution in [0.2, 0.25) is 0 Å². The molecular formula is C9H13NO. The molecule has 0 bridgehead atoms. The van der Waals surface area contributed by atoms with Crippen molar-refractivity contribution in [3.05, 3.63) is 36.4 Å². The van der Waals surface area contributed by atoms with E-state index in [-0.39, 0.29) is 5.76 Å². The summed E-state index contributed by atoms with van der Waals surface area (Å²) in [5.74, 6) is 0.251. The molecule has 0 aromatic heterocycles. The van der Waals surface area contributed by atoms with Crippen molar-refractivity contribution in [2.45, 2.75) is 19.9 Å². The first-order valence-electron chi connectivity index (χ1n) is 3.68. The molecule has 0 saturated carbocycles. The van der Waals surface area contributed by atoms with Crippen molar-refractivity contribution in [3.63, 3.8) is 0 Å². The van der Waals surface area contributed by atoms with Gasteiger partial charge in [-0.1, -0.05) is 6.58 Å². The third-order valence-electron chi connectivity index (χ3n) is 1.66. The summed E-state index contributed by atoms with van der Waals surface area (Å²) in [4.78, 5) is 1.93. The lowest BCUT2D eigenvalue weighted by Crippen LogP contribution is -2.26. The maximum absolute atomic E-state index is 9.27. The summed E-state index contributed by atoms with van der Waals surface area (Å²) in [5.41, 5.74) is 0.669. The van der Waals surface area contributed by atoms with Crippen molar-refractivity contribution in [1.82, 2.24) is 4.90 Å². The lowest BCUT2D eigenvalue weighted by atomic mass is 10.2. The number of nitrogens with zero attached hydrogens (tertiary/aromatic N) is 1. The molecule has 0 aromatic rings. The molecule has 0 aliphatic carbocycles. The van der Waals surface area contributed by atoms with E-state index < -0.39 is 0 Å². The summed E-state index contributed by atoms with van der Waals surface area (Å²) in [6.07, 6.45) is 5.36. The molecule has 1 N–H and O–H groups in total. The van der Waals surface area contributed by atoms with Crippen LogP contribution < -0.4 is 0 Å². The molecule has 0 saturated heterocycles. The normalized spacial score (nSPS) is 17.5. The molecule has 1 heterocycles. The van der Waals surface area contributed by atoms with Crippen LogP contribution in [-0.4, -0.2) is 16.0 Å². The van der Waals surface area contributed by atoms with Crippen molar-refractivity contribution in [2.75, 3.05) is 0 Å². The number of rotatable bonds is 1. The predicted molar refractivity (Wildman–Crippen MR) is 46.0 cm³/mol. The second-order valence-electron chi connectivity index (χ2n) is 2.84. The van der Waals surface area contributed by atoms with Gasteiger partial charge in [-0.05, 0) is 26.0 Å². The second kappa shape index (κ2) is 2.82. The fourth-order valence-electron chi connectivity index (χ4n) is 1.03. The van der Waals surface area contributed by atoms with Gasteiger partial charge in [-0.15, -0.1) is 0 Å². The highest BCUT2D eigenvalue weighted by atomic mass is 16.3. The van der Waals surface area contributed by atoms with E-state index in [1.54, 1.807) is 6.08 Å². The quantitative estimate of drug-likeness (QED) is 0.621. The van der Waals surface area contributed by atoms with E-state index in [2.05, 4.69) is 6.58 Å². The van der Waals surface area contributed by atoms with Gasteiger partial charge < -0.3 is 10.0 Å². The fourth-order valence-corrected chi connectivity index (χ4v) is 1.03. The Morgan fingerprint density at radius 1 is 1.55 bits per heavy atom. The molecule has 1 aliphatic rings. The van der Waals surface area contributed by atoms with Crippen molar-refractivity contribution in [3.8, 4) is 0 Å². The predicted octanol–water partition coefficient (Wildman–Crippen LogP) is 2.18. The molecule has 1 rings (SSSR count). The number of hydrogen-bond acceptors (Lipinski definition) is 2. The highest BCUT2D eigenvalue weighted by molar-refractivity contribution is 5.30. The number of aliphatic hydroxyl groups is 1. The van der Waals surface area contributed by atoms with Gasteiger partial charge in [0.2, 0.25) is 0 Å². The van der Waals surface area contributed by atoms with Crippen LogP contribution in [0.1, 0.15) is 13.8 Å². The molecule has 11 heavy (non-hydrogen) atoms. The van der Waals surface area contributed by atoms with Crippen LogP contribution in [0, 0.1) is 0 Å². The van der Waals surface area contributed by atoms with Gasteiger partial charge in [0.1, 0.15) is 5.76 Å². The minimum Gasteiger partial charge on any atom is -0.506 e. The summed E-state index contributed by atoms with van der Waals surface area (Å²) in [5, 5.41) is 9.27. The minimum absolute atomic E-state index is 0.251. The first kappa shape index (κ1) is 7.92. The van der Waals surface area contributed by atoms with E-state index in [0.717, 1.165) is 0 Å². The minimum atomic E-state index is 0.251. The molecule has 0 radical (unpaired) electrons. The Labute approximate surface area is 67.1 Å². The Bertz CT molecular complexity index is 226. The summed E-state index contributed by atoms with van der Waals surface area (Å²) < 4.78 is 0. The Morgan fingerprint density at radius 2 is 2.18 bits per heavy atom. The highest BCUT2D eigenvalue weighted by Gasteiger charge is 2.13. The van der Waals surface area contributed by atoms with Gasteiger partial charge in [0.25, 0.3) is 0 Å². The van der Waals surface area contributed by atoms with Crippen LogP contribution in [0.5, 0.6) is 0 Å². The third kappa shape index (κ3) is 1.45. The molecule has 1 aliphatic heterocycles. The van der Waals surface area contributed by atoms with Crippen LogP contribution in [0.25, 0.3) is 0 Å². The summed E-state index contributed by atoms with van der Waals surface area (Å²) in [7, 11) is 0. The Morgan fingerprint density at radius 3 is 2.64 bits per heavy atom. The highest BCUT2D eigenvalue weighted by Crippen LogP contribution is 2.18.